The molecule has 0 aromatic rings. The second kappa shape index (κ2) is 8.51. The highest BCUT2D eigenvalue weighted by molar-refractivity contribution is 6.04. The van der Waals surface area contributed by atoms with E-state index < -0.39 is 0 Å². The summed E-state index contributed by atoms with van der Waals surface area (Å²) in [6.07, 6.45) is 0. The van der Waals surface area contributed by atoms with E-state index in [0.717, 1.165) is 0 Å². The van der Waals surface area contributed by atoms with Gasteiger partial charge in [0.1, 0.15) is 0 Å². The number of urea groups is 2. The molecule has 0 N–H and O–H groups in total. The van der Waals surface area contributed by atoms with Crippen LogP contribution in [-0.4, -0.2) is 67.7 Å². The van der Waals surface area contributed by atoms with Crippen LogP contribution in [0.2, 0.25) is 0 Å². The van der Waals surface area contributed by atoms with E-state index in [-0.39, 0.29) is 36.2 Å². The summed E-state index contributed by atoms with van der Waals surface area (Å²) < 4.78 is 0. The van der Waals surface area contributed by atoms with E-state index in [2.05, 4.69) is 10.2 Å². The van der Waals surface area contributed by atoms with Gasteiger partial charge in [-0.2, -0.15) is 10.0 Å². The van der Waals surface area contributed by atoms with Gasteiger partial charge in [0.25, 0.3) is 0 Å². The Bertz CT molecular complexity index is 526. The lowest BCUT2D eigenvalue weighted by molar-refractivity contribution is 0.133. The number of nitrogens with zero attached hydrogens (tertiary/aromatic N) is 6. The number of hydrogen-bond acceptors (Lipinski definition) is 4. The first-order valence-corrected chi connectivity index (χ1v) is 9.25. The Labute approximate surface area is 157 Å². The molecular formula is C18H34N6O2. The fraction of sp³-hybridized carbons (Fsp3) is 0.778. The molecule has 0 unspecified atom stereocenters. The zero-order chi connectivity index (χ0) is 20.3. The molecule has 0 fully saturated rings. The van der Waals surface area contributed by atoms with Crippen molar-refractivity contribution in [2.75, 3.05) is 0 Å². The van der Waals surface area contributed by atoms with Crippen molar-refractivity contribution in [2.24, 2.45) is 10.2 Å². The lowest BCUT2D eigenvalue weighted by Crippen LogP contribution is -2.54. The highest BCUT2D eigenvalue weighted by Gasteiger charge is 2.34. The molecular weight excluding hydrogens is 332 g/mol. The molecule has 0 atom stereocenters. The summed E-state index contributed by atoms with van der Waals surface area (Å²) >= 11 is 0. The smallest absolute Gasteiger partial charge is 0.318 e. The molecule has 0 spiro atoms. The molecule has 8 heteroatoms. The normalized spacial score (nSPS) is 15.0. The molecule has 0 aliphatic carbocycles. The van der Waals surface area contributed by atoms with E-state index in [1.165, 1.54) is 10.0 Å². The third-order valence-corrected chi connectivity index (χ3v) is 4.13. The van der Waals surface area contributed by atoms with E-state index in [9.17, 15) is 9.59 Å². The number of rotatable bonds is 4. The molecule has 0 aromatic heterocycles. The topological polar surface area (TPSA) is 71.8 Å². The number of amidine groups is 2. The van der Waals surface area contributed by atoms with Gasteiger partial charge >= 0.3 is 12.1 Å². The van der Waals surface area contributed by atoms with Crippen molar-refractivity contribution in [3.05, 3.63) is 0 Å². The molecule has 1 heterocycles. The molecule has 26 heavy (non-hydrogen) atoms. The Hall–Kier alpha value is -2.12. The van der Waals surface area contributed by atoms with Gasteiger partial charge in [0.15, 0.2) is 11.7 Å². The van der Waals surface area contributed by atoms with Gasteiger partial charge in [-0.05, 0) is 69.2 Å². The van der Waals surface area contributed by atoms with Crippen molar-refractivity contribution in [2.45, 2.75) is 93.4 Å². The van der Waals surface area contributed by atoms with Crippen molar-refractivity contribution < 1.29 is 9.59 Å². The summed E-state index contributed by atoms with van der Waals surface area (Å²) in [5, 5.41) is 11.3. The maximum absolute atomic E-state index is 12.9. The van der Waals surface area contributed by atoms with Crippen LogP contribution >= 0.6 is 0 Å². The molecule has 148 valence electrons. The number of carbonyl (C=O) groups excluding carboxylic acids is 2. The summed E-state index contributed by atoms with van der Waals surface area (Å²) in [7, 11) is 0. The predicted octanol–water partition coefficient (Wildman–Crippen LogP) is 3.75. The van der Waals surface area contributed by atoms with E-state index in [4.69, 9.17) is 0 Å². The van der Waals surface area contributed by atoms with E-state index in [1.807, 2.05) is 55.4 Å². The zero-order valence-electron chi connectivity index (χ0n) is 17.8. The Balaban J connectivity index is 3.14. The highest BCUT2D eigenvalue weighted by atomic mass is 16.2. The minimum Gasteiger partial charge on any atom is -0.318 e. The van der Waals surface area contributed by atoms with Gasteiger partial charge in [-0.3, -0.25) is 0 Å². The van der Waals surface area contributed by atoms with Crippen molar-refractivity contribution in [3.8, 4) is 0 Å². The monoisotopic (exact) mass is 366 g/mol. The molecule has 0 saturated carbocycles. The Morgan fingerprint density at radius 3 is 1.08 bits per heavy atom. The van der Waals surface area contributed by atoms with Crippen molar-refractivity contribution in [1.82, 2.24) is 19.8 Å². The van der Waals surface area contributed by atoms with Crippen LogP contribution < -0.4 is 0 Å². The standard InChI is InChI=1S/C18H34N6O2/c1-11(2)21(12(3)4)17(25)23-15(9)20-24(16(10)19-23)18(26)22(13(5)6)14(7)8/h11-14H,1-10H3. The SMILES string of the molecule is CC1=NN(C(=O)N(C(C)C)C(C)C)C(C)=NN1C(=O)N(C(C)C)C(C)C. The second-order valence-corrected chi connectivity index (χ2v) is 7.67. The van der Waals surface area contributed by atoms with Crippen LogP contribution in [0.1, 0.15) is 69.2 Å². The Morgan fingerprint density at radius 1 is 0.654 bits per heavy atom. The first-order valence-electron chi connectivity index (χ1n) is 9.25. The minimum atomic E-state index is -0.243. The van der Waals surface area contributed by atoms with Gasteiger partial charge in [0.2, 0.25) is 0 Å². The van der Waals surface area contributed by atoms with Gasteiger partial charge < -0.3 is 9.80 Å². The first-order chi connectivity index (χ1) is 11.9. The summed E-state index contributed by atoms with van der Waals surface area (Å²) in [6.45, 7) is 19.1. The fourth-order valence-electron chi connectivity index (χ4n) is 3.18. The summed E-state index contributed by atoms with van der Waals surface area (Å²) in [6, 6.07) is -0.365. The molecule has 8 nitrogen and oxygen atoms in total. The van der Waals surface area contributed by atoms with Crippen LogP contribution in [0.3, 0.4) is 0 Å². The van der Waals surface area contributed by atoms with Crippen LogP contribution in [0, 0.1) is 0 Å². The quantitative estimate of drug-likeness (QED) is 0.760. The highest BCUT2D eigenvalue weighted by Crippen LogP contribution is 2.17. The minimum absolute atomic E-state index is 0.0304. The lowest BCUT2D eigenvalue weighted by Gasteiger charge is -2.38. The largest absolute Gasteiger partial charge is 0.346 e. The van der Waals surface area contributed by atoms with E-state index >= 15 is 0 Å². The molecule has 0 aromatic carbocycles. The lowest BCUT2D eigenvalue weighted by atomic mass is 10.2. The first kappa shape index (κ1) is 21.9. The Kier molecular flexibility index (Phi) is 7.17. The van der Waals surface area contributed by atoms with Crippen LogP contribution in [-0.2, 0) is 0 Å². The number of hydrogen-bond donors (Lipinski definition) is 0. The third kappa shape index (κ3) is 4.53. The number of amides is 4. The van der Waals surface area contributed by atoms with Crippen LogP contribution in [0.4, 0.5) is 9.59 Å². The summed E-state index contributed by atoms with van der Waals surface area (Å²) in [5.74, 6) is 0.737. The fourth-order valence-corrected chi connectivity index (χ4v) is 3.18. The molecule has 0 bridgehead atoms. The maximum Gasteiger partial charge on any atom is 0.346 e. The van der Waals surface area contributed by atoms with Gasteiger partial charge in [0.05, 0.1) is 0 Å². The maximum atomic E-state index is 12.9. The van der Waals surface area contributed by atoms with E-state index in [1.54, 1.807) is 23.6 Å². The molecule has 0 saturated heterocycles. The van der Waals surface area contributed by atoms with Crippen LogP contribution in [0.15, 0.2) is 10.2 Å². The van der Waals surface area contributed by atoms with Crippen LogP contribution in [0.25, 0.3) is 0 Å². The van der Waals surface area contributed by atoms with Gasteiger partial charge in [-0.25, -0.2) is 9.59 Å². The molecule has 1 aliphatic heterocycles. The average molecular weight is 367 g/mol. The molecule has 1 aliphatic rings. The molecule has 0 radical (unpaired) electrons. The van der Waals surface area contributed by atoms with Gasteiger partial charge in [-0.15, -0.1) is 10.2 Å². The van der Waals surface area contributed by atoms with E-state index in [0.29, 0.717) is 11.7 Å². The van der Waals surface area contributed by atoms with Crippen molar-refractivity contribution in [1.29, 1.82) is 0 Å². The third-order valence-electron chi connectivity index (χ3n) is 4.13. The molecule has 1 rings (SSSR count). The predicted molar refractivity (Wildman–Crippen MR) is 105 cm³/mol. The second-order valence-electron chi connectivity index (χ2n) is 7.67. The van der Waals surface area contributed by atoms with Crippen LogP contribution in [0.5, 0.6) is 0 Å². The van der Waals surface area contributed by atoms with Crippen molar-refractivity contribution >= 4 is 23.7 Å². The van der Waals surface area contributed by atoms with Crippen molar-refractivity contribution in [3.63, 3.8) is 0 Å². The number of hydrazone groups is 2. The average Bonchev–Trinajstić information content (AvgIpc) is 2.47. The van der Waals surface area contributed by atoms with Gasteiger partial charge in [-0.1, -0.05) is 0 Å². The summed E-state index contributed by atoms with van der Waals surface area (Å²) in [4.78, 5) is 29.3. The number of carbonyl (C=O) groups is 2. The summed E-state index contributed by atoms with van der Waals surface area (Å²) in [5.41, 5.74) is 0. The van der Waals surface area contributed by atoms with Gasteiger partial charge in [0, 0.05) is 24.2 Å². The zero-order valence-corrected chi connectivity index (χ0v) is 17.8. The molecule has 4 amide bonds. The Morgan fingerprint density at radius 2 is 0.885 bits per heavy atom.